The Bertz CT molecular complexity index is 1070. The SMILES string of the molecule is CCCCCCCCCCCCCC[PH](CCCCCC)(CCCCCC)CCCCCC.O=S(=O)(O)C(F)(F)C(F)(F)C(F)(F)C(F)(F)C(F)(F)C(F)(F)F. The number of hydrogen-bond donors (Lipinski definition) is 1. The third kappa shape index (κ3) is 18.4. The number of unbranched alkanes of at least 4 members (excludes halogenated alkanes) is 20. The first kappa shape index (κ1) is 57.5. The predicted octanol–water partition coefficient (Wildman–Crippen LogP) is 15.7. The van der Waals surface area contributed by atoms with Crippen molar-refractivity contribution in [2.75, 3.05) is 24.6 Å². The maximum absolute atomic E-state index is 12.7. The molecular formula is C38H70F13O3PS. The molecule has 0 fully saturated rings. The summed E-state index contributed by atoms with van der Waals surface area (Å²) in [7, 11) is -8.65. The topological polar surface area (TPSA) is 54.4 Å². The third-order valence-electron chi connectivity index (χ3n) is 10.5. The predicted molar refractivity (Wildman–Crippen MR) is 204 cm³/mol. The first-order valence-electron chi connectivity index (χ1n) is 20.7. The molecule has 0 unspecified atom stereocenters. The van der Waals surface area contributed by atoms with Gasteiger partial charge < -0.3 is 0 Å². The van der Waals surface area contributed by atoms with E-state index in [9.17, 15) is 65.5 Å². The van der Waals surface area contributed by atoms with Gasteiger partial charge in [-0.1, -0.05) is 13.3 Å². The van der Waals surface area contributed by atoms with Crippen LogP contribution in [-0.2, 0) is 10.1 Å². The summed E-state index contributed by atoms with van der Waals surface area (Å²) in [5.74, 6) is -32.5. The van der Waals surface area contributed by atoms with Gasteiger partial charge in [0.25, 0.3) is 0 Å². The maximum atomic E-state index is 12.7. The fourth-order valence-corrected chi connectivity index (χ4v) is 12.7. The Morgan fingerprint density at radius 1 is 0.357 bits per heavy atom. The minimum absolute atomic E-state index is 1.04. The summed E-state index contributed by atoms with van der Waals surface area (Å²) >= 11 is 0. The molecule has 0 amide bonds. The van der Waals surface area contributed by atoms with E-state index < -0.39 is 52.5 Å². The van der Waals surface area contributed by atoms with E-state index in [1.165, 1.54) is 128 Å². The van der Waals surface area contributed by atoms with Gasteiger partial charge in [0.1, 0.15) is 0 Å². The fraction of sp³-hybridized carbons (Fsp3) is 1.00. The zero-order valence-electron chi connectivity index (χ0n) is 33.9. The van der Waals surface area contributed by atoms with E-state index in [1.54, 1.807) is 50.3 Å². The van der Waals surface area contributed by atoms with Gasteiger partial charge >= 0.3 is 246 Å². The van der Waals surface area contributed by atoms with Crippen molar-refractivity contribution in [3.63, 3.8) is 0 Å². The Kier molecular flexibility index (Phi) is 28.1. The molecule has 0 heterocycles. The molecular weight excluding hydrogens is 814 g/mol. The van der Waals surface area contributed by atoms with Crippen molar-refractivity contribution in [3.05, 3.63) is 0 Å². The molecule has 0 aliphatic heterocycles. The van der Waals surface area contributed by atoms with Crippen LogP contribution in [-0.4, -0.2) is 72.7 Å². The monoisotopic (exact) mass is 884 g/mol. The molecule has 0 saturated heterocycles. The number of halogens is 13. The Balaban J connectivity index is 0. The normalized spacial score (nSPS) is 14.2. The molecule has 342 valence electrons. The van der Waals surface area contributed by atoms with Gasteiger partial charge in [-0.3, -0.25) is 4.55 Å². The van der Waals surface area contributed by atoms with Gasteiger partial charge in [-0.25, -0.2) is 0 Å². The van der Waals surface area contributed by atoms with Crippen molar-refractivity contribution in [2.24, 2.45) is 0 Å². The average molecular weight is 885 g/mol. The molecule has 0 aliphatic rings. The molecule has 0 aromatic heterocycles. The largest absolute Gasteiger partial charge is 0.460 e. The van der Waals surface area contributed by atoms with Crippen LogP contribution in [0.15, 0.2) is 0 Å². The van der Waals surface area contributed by atoms with Gasteiger partial charge in [0.2, 0.25) is 0 Å². The van der Waals surface area contributed by atoms with Gasteiger partial charge in [0.15, 0.2) is 0 Å². The second-order valence-electron chi connectivity index (χ2n) is 15.4. The maximum Gasteiger partial charge on any atom is 0.460 e. The van der Waals surface area contributed by atoms with E-state index in [4.69, 9.17) is 4.55 Å². The molecule has 0 saturated carbocycles. The summed E-state index contributed by atoms with van der Waals surface area (Å²) in [6.45, 7) is 9.42. The summed E-state index contributed by atoms with van der Waals surface area (Å²) in [6, 6.07) is 0. The van der Waals surface area contributed by atoms with Crippen molar-refractivity contribution in [3.8, 4) is 0 Å². The number of rotatable bonds is 33. The fourth-order valence-electron chi connectivity index (χ4n) is 6.79. The number of hydrogen-bond acceptors (Lipinski definition) is 2. The molecule has 0 aromatic rings. The summed E-state index contributed by atoms with van der Waals surface area (Å²) in [5.41, 5.74) is 0. The Hall–Kier alpha value is -0.570. The Morgan fingerprint density at radius 2 is 0.571 bits per heavy atom. The van der Waals surface area contributed by atoms with Crippen LogP contribution in [0.3, 0.4) is 0 Å². The first-order valence-corrected chi connectivity index (χ1v) is 24.9. The molecule has 3 nitrogen and oxygen atoms in total. The van der Waals surface area contributed by atoms with Crippen LogP contribution < -0.4 is 0 Å². The van der Waals surface area contributed by atoms with E-state index in [-0.39, 0.29) is 0 Å². The van der Waals surface area contributed by atoms with E-state index >= 15 is 0 Å². The van der Waals surface area contributed by atoms with Crippen LogP contribution >= 0.6 is 7.26 Å². The first-order chi connectivity index (χ1) is 25.7. The smallest absolute Gasteiger partial charge is 0.281 e. The molecule has 56 heavy (non-hydrogen) atoms. The number of alkyl halides is 13. The molecule has 18 heteroatoms. The summed E-state index contributed by atoms with van der Waals surface area (Å²) in [4.78, 5) is 0. The van der Waals surface area contributed by atoms with E-state index in [0.717, 1.165) is 0 Å². The molecule has 0 atom stereocenters. The summed E-state index contributed by atoms with van der Waals surface area (Å²) in [5, 5.41) is -7.52. The summed E-state index contributed by atoms with van der Waals surface area (Å²) in [6.07, 6.45) is 34.7. The summed E-state index contributed by atoms with van der Waals surface area (Å²) < 4.78 is 188. The molecule has 0 aliphatic carbocycles. The van der Waals surface area contributed by atoms with Crippen molar-refractivity contribution >= 4 is 17.4 Å². The molecule has 0 aromatic carbocycles. The van der Waals surface area contributed by atoms with Crippen LogP contribution in [0.1, 0.15) is 182 Å². The van der Waals surface area contributed by atoms with Crippen LogP contribution in [0.2, 0.25) is 0 Å². The van der Waals surface area contributed by atoms with E-state index in [1.807, 2.05) is 0 Å². The Morgan fingerprint density at radius 3 is 0.804 bits per heavy atom. The van der Waals surface area contributed by atoms with Gasteiger partial charge in [-0.15, -0.1) is 0 Å². The minimum Gasteiger partial charge on any atom is -0.281 e. The zero-order chi connectivity index (χ0) is 43.8. The van der Waals surface area contributed by atoms with Crippen LogP contribution in [0.5, 0.6) is 0 Å². The van der Waals surface area contributed by atoms with E-state index in [2.05, 4.69) is 27.7 Å². The van der Waals surface area contributed by atoms with Gasteiger partial charge in [0.05, 0.1) is 0 Å². The molecule has 0 rings (SSSR count). The standard InChI is InChI=1S/C32H69P.C6HF13O3S/c1-5-9-13-17-18-19-20-21-22-23-24-28-32-33(29-25-14-10-6-2,30-26-15-11-7-3)31-27-16-12-8-4;7-1(8,3(11,12)5(15,16)17)2(9,10)4(13,14)6(18,19)23(20,21)22/h33H,5-32H2,1-4H3;(H,20,21,22). The molecule has 0 bridgehead atoms. The van der Waals surface area contributed by atoms with Crippen LogP contribution in [0, 0.1) is 0 Å². The Labute approximate surface area is 328 Å². The van der Waals surface area contributed by atoms with Crippen LogP contribution in [0.25, 0.3) is 0 Å². The quantitative estimate of drug-likeness (QED) is 0.0309. The molecule has 1 N–H and O–H groups in total. The van der Waals surface area contributed by atoms with Gasteiger partial charge in [-0.05, 0) is 0 Å². The van der Waals surface area contributed by atoms with Crippen molar-refractivity contribution in [1.82, 2.24) is 0 Å². The third-order valence-corrected chi connectivity index (χ3v) is 17.0. The molecule has 0 spiro atoms. The average Bonchev–Trinajstić information content (AvgIpc) is 3.10. The van der Waals surface area contributed by atoms with Crippen LogP contribution in [0.4, 0.5) is 57.1 Å². The molecule has 0 radical (unpaired) electrons. The van der Waals surface area contributed by atoms with Gasteiger partial charge in [-0.2, -0.15) is 65.5 Å². The van der Waals surface area contributed by atoms with E-state index in [0.29, 0.717) is 0 Å². The zero-order valence-corrected chi connectivity index (χ0v) is 35.7. The van der Waals surface area contributed by atoms with Crippen molar-refractivity contribution < 1.29 is 70.0 Å². The second-order valence-corrected chi connectivity index (χ2v) is 21.8. The van der Waals surface area contributed by atoms with Gasteiger partial charge in [0, 0.05) is 0 Å². The second kappa shape index (κ2) is 27.3. The minimum atomic E-state index is -8.25. The van der Waals surface area contributed by atoms with Crippen molar-refractivity contribution in [2.45, 2.75) is 217 Å². The van der Waals surface area contributed by atoms with Crippen molar-refractivity contribution in [1.29, 1.82) is 0 Å².